The lowest BCUT2D eigenvalue weighted by Crippen LogP contribution is -2.48. The van der Waals surface area contributed by atoms with Gasteiger partial charge in [-0.1, -0.05) is 26.0 Å². The number of allylic oxidation sites excluding steroid dienone is 1. The minimum Gasteiger partial charge on any atom is -0.355 e. The monoisotopic (exact) mass is 206 g/mol. The maximum Gasteiger partial charge on any atom is 0.191 e. The molecule has 0 amide bonds. The van der Waals surface area contributed by atoms with E-state index in [1.807, 2.05) is 13.8 Å². The van der Waals surface area contributed by atoms with Gasteiger partial charge in [-0.05, 0) is 31.9 Å². The van der Waals surface area contributed by atoms with Crippen molar-refractivity contribution >= 4 is 5.78 Å². The van der Waals surface area contributed by atoms with Crippen molar-refractivity contribution in [2.45, 2.75) is 45.8 Å². The molecule has 0 aliphatic carbocycles. The number of hydrogen-bond donors (Lipinski definition) is 0. The summed E-state index contributed by atoms with van der Waals surface area (Å²) in [5.74, 6) is 0.0868. The summed E-state index contributed by atoms with van der Waals surface area (Å²) in [6.07, 6.45) is 6.58. The maximum atomic E-state index is 12.2. The zero-order chi connectivity index (χ0) is 11.3. The summed E-state index contributed by atoms with van der Waals surface area (Å²) >= 11 is 0. The van der Waals surface area contributed by atoms with Crippen LogP contribution < -0.4 is 0 Å². The molecule has 2 atom stereocenters. The summed E-state index contributed by atoms with van der Waals surface area (Å²) < 4.78 is 5.91. The molecule has 0 spiro atoms. The van der Waals surface area contributed by atoms with Gasteiger partial charge in [-0.25, -0.2) is 0 Å². The van der Waals surface area contributed by atoms with Crippen LogP contribution in [0.2, 0.25) is 0 Å². The average Bonchev–Trinajstić information content (AvgIpc) is 2.54. The number of ether oxygens (including phenoxy) is 1. The minimum absolute atomic E-state index is 0.0868. The number of fused-ring (bicyclic) bond motifs is 2. The Morgan fingerprint density at radius 2 is 2.27 bits per heavy atom. The molecule has 0 aromatic carbocycles. The molecule has 0 aromatic heterocycles. The lowest BCUT2D eigenvalue weighted by Gasteiger charge is -2.38. The van der Waals surface area contributed by atoms with E-state index in [9.17, 15) is 4.79 Å². The molecular weight excluding hydrogens is 188 g/mol. The second kappa shape index (κ2) is 3.05. The van der Waals surface area contributed by atoms with Crippen LogP contribution in [0.3, 0.4) is 0 Å². The van der Waals surface area contributed by atoms with E-state index in [-0.39, 0.29) is 17.3 Å². The standard InChI is InChI=1S/C13H18O2/c1-5-6-11(14)13-9(2)7-10(15-13)8-12(13,3)4/h5-7,10H,8H2,1-4H3/b6-5+/t10-,13-/m1/s1. The quantitative estimate of drug-likeness (QED) is 0.513. The first-order chi connectivity index (χ1) is 6.94. The molecule has 2 heteroatoms. The summed E-state index contributed by atoms with van der Waals surface area (Å²) in [4.78, 5) is 12.2. The lowest BCUT2D eigenvalue weighted by molar-refractivity contribution is -0.136. The fourth-order valence-electron chi connectivity index (χ4n) is 3.05. The average molecular weight is 206 g/mol. The van der Waals surface area contributed by atoms with Crippen molar-refractivity contribution in [2.75, 3.05) is 0 Å². The van der Waals surface area contributed by atoms with E-state index in [0.717, 1.165) is 12.0 Å². The van der Waals surface area contributed by atoms with Crippen LogP contribution in [0.1, 0.15) is 34.1 Å². The van der Waals surface area contributed by atoms with E-state index in [0.29, 0.717) is 0 Å². The predicted molar refractivity (Wildman–Crippen MR) is 59.6 cm³/mol. The summed E-state index contributed by atoms with van der Waals surface area (Å²) in [7, 11) is 0. The number of carbonyl (C=O) groups excluding carboxylic acids is 1. The molecule has 0 radical (unpaired) electrons. The Kier molecular flexibility index (Phi) is 2.16. The number of ketones is 1. The van der Waals surface area contributed by atoms with Crippen LogP contribution in [0, 0.1) is 5.41 Å². The normalized spacial score (nSPS) is 37.3. The van der Waals surface area contributed by atoms with Gasteiger partial charge in [0, 0.05) is 5.41 Å². The van der Waals surface area contributed by atoms with Crippen LogP contribution in [-0.4, -0.2) is 17.5 Å². The molecule has 1 saturated heterocycles. The highest BCUT2D eigenvalue weighted by atomic mass is 16.5. The Hall–Kier alpha value is -0.890. The Morgan fingerprint density at radius 3 is 2.73 bits per heavy atom. The van der Waals surface area contributed by atoms with Crippen molar-refractivity contribution in [1.29, 1.82) is 0 Å². The van der Waals surface area contributed by atoms with Crippen LogP contribution in [0.25, 0.3) is 0 Å². The van der Waals surface area contributed by atoms with Gasteiger partial charge in [0.25, 0.3) is 0 Å². The third-order valence-electron chi connectivity index (χ3n) is 3.65. The van der Waals surface area contributed by atoms with E-state index in [2.05, 4.69) is 19.9 Å². The van der Waals surface area contributed by atoms with E-state index < -0.39 is 5.60 Å². The molecule has 15 heavy (non-hydrogen) atoms. The summed E-state index contributed by atoms with van der Waals surface area (Å²) in [6, 6.07) is 0. The highest BCUT2D eigenvalue weighted by Gasteiger charge is 2.61. The fourth-order valence-corrected chi connectivity index (χ4v) is 3.05. The Balaban J connectivity index is 2.48. The first-order valence-corrected chi connectivity index (χ1v) is 5.48. The molecule has 0 unspecified atom stereocenters. The third-order valence-corrected chi connectivity index (χ3v) is 3.65. The predicted octanol–water partition coefficient (Wildman–Crippen LogP) is 2.65. The first kappa shape index (κ1) is 10.6. The zero-order valence-corrected chi connectivity index (χ0v) is 9.83. The van der Waals surface area contributed by atoms with Crippen LogP contribution >= 0.6 is 0 Å². The number of rotatable bonds is 2. The molecule has 2 nitrogen and oxygen atoms in total. The number of hydrogen-bond acceptors (Lipinski definition) is 2. The highest BCUT2D eigenvalue weighted by molar-refractivity contribution is 6.01. The topological polar surface area (TPSA) is 26.3 Å². The Bertz CT molecular complexity index is 363. The van der Waals surface area contributed by atoms with Gasteiger partial charge >= 0.3 is 0 Å². The molecule has 0 N–H and O–H groups in total. The van der Waals surface area contributed by atoms with Crippen LogP contribution in [0.15, 0.2) is 23.8 Å². The fraction of sp³-hybridized carbons (Fsp3) is 0.615. The van der Waals surface area contributed by atoms with Crippen molar-refractivity contribution < 1.29 is 9.53 Å². The van der Waals surface area contributed by atoms with Crippen molar-refractivity contribution in [3.05, 3.63) is 23.8 Å². The number of carbonyl (C=O) groups is 1. The van der Waals surface area contributed by atoms with Crippen molar-refractivity contribution in [3.63, 3.8) is 0 Å². The minimum atomic E-state index is -0.690. The molecule has 2 aliphatic heterocycles. The first-order valence-electron chi connectivity index (χ1n) is 5.48. The Labute approximate surface area is 91.0 Å². The molecular formula is C13H18O2. The smallest absolute Gasteiger partial charge is 0.191 e. The van der Waals surface area contributed by atoms with Crippen LogP contribution in [-0.2, 0) is 9.53 Å². The van der Waals surface area contributed by atoms with Crippen LogP contribution in [0.4, 0.5) is 0 Å². The van der Waals surface area contributed by atoms with E-state index in [1.165, 1.54) is 0 Å². The van der Waals surface area contributed by atoms with E-state index >= 15 is 0 Å². The van der Waals surface area contributed by atoms with Crippen molar-refractivity contribution in [2.24, 2.45) is 5.41 Å². The van der Waals surface area contributed by atoms with Gasteiger partial charge in [-0.3, -0.25) is 4.79 Å². The Morgan fingerprint density at radius 1 is 1.60 bits per heavy atom. The molecule has 1 fully saturated rings. The van der Waals surface area contributed by atoms with Gasteiger partial charge in [0.15, 0.2) is 11.4 Å². The molecule has 2 aliphatic rings. The molecule has 0 aromatic rings. The second-order valence-electron chi connectivity index (χ2n) is 5.14. The maximum absolute atomic E-state index is 12.2. The summed E-state index contributed by atoms with van der Waals surface area (Å²) in [5, 5.41) is 0. The van der Waals surface area contributed by atoms with E-state index in [1.54, 1.807) is 12.2 Å². The third kappa shape index (κ3) is 1.18. The molecule has 82 valence electrons. The van der Waals surface area contributed by atoms with Crippen molar-refractivity contribution in [3.8, 4) is 0 Å². The molecule has 2 rings (SSSR count). The second-order valence-corrected chi connectivity index (χ2v) is 5.14. The molecule has 2 heterocycles. The molecule has 0 saturated carbocycles. The summed E-state index contributed by atoms with van der Waals surface area (Å²) in [6.45, 7) is 8.10. The van der Waals surface area contributed by atoms with Gasteiger partial charge in [0.05, 0.1) is 6.10 Å². The summed E-state index contributed by atoms with van der Waals surface area (Å²) in [5.41, 5.74) is 0.295. The SMILES string of the molecule is C/C=C/C(=O)[C@]12O[C@H](C=C1C)CC2(C)C. The largest absolute Gasteiger partial charge is 0.355 e. The van der Waals surface area contributed by atoms with Gasteiger partial charge in [0.2, 0.25) is 0 Å². The van der Waals surface area contributed by atoms with Gasteiger partial charge < -0.3 is 4.74 Å². The van der Waals surface area contributed by atoms with Crippen molar-refractivity contribution in [1.82, 2.24) is 0 Å². The van der Waals surface area contributed by atoms with Gasteiger partial charge in [0.1, 0.15) is 0 Å². The van der Waals surface area contributed by atoms with E-state index in [4.69, 9.17) is 4.74 Å². The van der Waals surface area contributed by atoms with Gasteiger partial charge in [-0.2, -0.15) is 0 Å². The zero-order valence-electron chi connectivity index (χ0n) is 9.83. The van der Waals surface area contributed by atoms with Crippen LogP contribution in [0.5, 0.6) is 0 Å². The molecule has 2 bridgehead atoms. The van der Waals surface area contributed by atoms with Gasteiger partial charge in [-0.15, -0.1) is 0 Å². The highest BCUT2D eigenvalue weighted by Crippen LogP contribution is 2.55. The lowest BCUT2D eigenvalue weighted by atomic mass is 9.65.